The molecule has 0 unspecified atom stereocenters. The lowest BCUT2D eigenvalue weighted by atomic mass is 10.3. The second-order valence-corrected chi connectivity index (χ2v) is 6.45. The first-order valence-corrected chi connectivity index (χ1v) is 7.72. The van der Waals surface area contributed by atoms with Crippen molar-refractivity contribution in [2.75, 3.05) is 11.9 Å². The smallest absolute Gasteiger partial charge is 0.331 e. The Kier molecular flexibility index (Phi) is 5.08. The van der Waals surface area contributed by atoms with Crippen LogP contribution in [0.2, 0.25) is 0 Å². The molecule has 0 aliphatic carbocycles. The monoisotopic (exact) mass is 368 g/mol. The van der Waals surface area contributed by atoms with Crippen LogP contribution in [0.1, 0.15) is 13.8 Å². The standard InChI is InChI=1S/C14H13BrN2O3S/c1-8(2)5-13(19)20-7-12(18)17-14-16-10-4-3-9(15)6-11(10)21-14/h3-6H,7H2,1-2H3,(H,16,17,18). The van der Waals surface area contributed by atoms with Crippen molar-refractivity contribution >= 4 is 54.5 Å². The van der Waals surface area contributed by atoms with Crippen LogP contribution in [0.3, 0.4) is 0 Å². The summed E-state index contributed by atoms with van der Waals surface area (Å²) < 4.78 is 6.73. The Bertz CT molecular complexity index is 720. The molecule has 0 saturated heterocycles. The number of ether oxygens (including phenoxy) is 1. The molecule has 0 aliphatic rings. The Hall–Kier alpha value is -1.73. The van der Waals surface area contributed by atoms with Crippen molar-refractivity contribution in [3.63, 3.8) is 0 Å². The van der Waals surface area contributed by atoms with Gasteiger partial charge >= 0.3 is 5.97 Å². The Morgan fingerprint density at radius 1 is 1.43 bits per heavy atom. The van der Waals surface area contributed by atoms with E-state index in [0.29, 0.717) is 5.13 Å². The summed E-state index contributed by atoms with van der Waals surface area (Å²) in [5.41, 5.74) is 1.62. The summed E-state index contributed by atoms with van der Waals surface area (Å²) >= 11 is 4.74. The van der Waals surface area contributed by atoms with E-state index in [1.54, 1.807) is 13.8 Å². The van der Waals surface area contributed by atoms with Crippen LogP contribution in [0.4, 0.5) is 5.13 Å². The number of rotatable bonds is 4. The van der Waals surface area contributed by atoms with Crippen LogP contribution in [-0.4, -0.2) is 23.5 Å². The van der Waals surface area contributed by atoms with Gasteiger partial charge in [0.25, 0.3) is 5.91 Å². The molecule has 1 amide bonds. The number of hydrogen-bond donors (Lipinski definition) is 1. The summed E-state index contributed by atoms with van der Waals surface area (Å²) in [7, 11) is 0. The minimum absolute atomic E-state index is 0.331. The van der Waals surface area contributed by atoms with Crippen molar-refractivity contribution in [1.29, 1.82) is 0 Å². The molecule has 0 aliphatic heterocycles. The minimum atomic E-state index is -0.529. The average Bonchev–Trinajstić information content (AvgIpc) is 2.76. The molecule has 110 valence electrons. The first-order chi connectivity index (χ1) is 9.94. The van der Waals surface area contributed by atoms with Crippen molar-refractivity contribution in [3.8, 4) is 0 Å². The van der Waals surface area contributed by atoms with Gasteiger partial charge in [-0.25, -0.2) is 9.78 Å². The third-order valence-corrected chi connectivity index (χ3v) is 3.78. The van der Waals surface area contributed by atoms with Crippen LogP contribution >= 0.6 is 27.3 Å². The van der Waals surface area contributed by atoms with Gasteiger partial charge in [-0.1, -0.05) is 32.8 Å². The molecule has 7 heteroatoms. The predicted molar refractivity (Wildman–Crippen MR) is 86.3 cm³/mol. The molecule has 2 aromatic rings. The number of allylic oxidation sites excluding steroid dienone is 1. The number of carbonyl (C=O) groups excluding carboxylic acids is 2. The van der Waals surface area contributed by atoms with E-state index in [2.05, 4.69) is 26.2 Å². The van der Waals surface area contributed by atoms with E-state index < -0.39 is 11.9 Å². The Morgan fingerprint density at radius 3 is 2.90 bits per heavy atom. The van der Waals surface area contributed by atoms with Gasteiger partial charge in [-0.05, 0) is 32.0 Å². The van der Waals surface area contributed by atoms with Crippen LogP contribution in [0, 0.1) is 0 Å². The number of anilines is 1. The van der Waals surface area contributed by atoms with E-state index in [9.17, 15) is 9.59 Å². The quantitative estimate of drug-likeness (QED) is 0.662. The molecule has 0 spiro atoms. The third kappa shape index (κ3) is 4.64. The average molecular weight is 369 g/mol. The summed E-state index contributed by atoms with van der Waals surface area (Å²) in [4.78, 5) is 27.3. The summed E-state index contributed by atoms with van der Waals surface area (Å²) in [5.74, 6) is -0.943. The van der Waals surface area contributed by atoms with Gasteiger partial charge in [0, 0.05) is 10.5 Å². The second-order valence-electron chi connectivity index (χ2n) is 4.51. The fourth-order valence-electron chi connectivity index (χ4n) is 1.52. The fourth-order valence-corrected chi connectivity index (χ4v) is 2.96. The van der Waals surface area contributed by atoms with Gasteiger partial charge in [0.05, 0.1) is 10.2 Å². The summed E-state index contributed by atoms with van der Waals surface area (Å²) in [6, 6.07) is 5.67. The van der Waals surface area contributed by atoms with E-state index in [-0.39, 0.29) is 6.61 Å². The van der Waals surface area contributed by atoms with E-state index in [4.69, 9.17) is 4.74 Å². The minimum Gasteiger partial charge on any atom is -0.452 e. The third-order valence-electron chi connectivity index (χ3n) is 2.35. The van der Waals surface area contributed by atoms with Gasteiger partial charge in [0.2, 0.25) is 0 Å². The number of benzene rings is 1. The highest BCUT2D eigenvalue weighted by Crippen LogP contribution is 2.28. The molecular formula is C14H13BrN2O3S. The SMILES string of the molecule is CC(C)=CC(=O)OCC(=O)Nc1nc2ccc(Br)cc2s1. The van der Waals surface area contributed by atoms with Gasteiger partial charge in [0.15, 0.2) is 11.7 Å². The lowest BCUT2D eigenvalue weighted by Gasteiger charge is -2.02. The molecule has 5 nitrogen and oxygen atoms in total. The van der Waals surface area contributed by atoms with Gasteiger partial charge < -0.3 is 4.74 Å². The Balaban J connectivity index is 1.95. The topological polar surface area (TPSA) is 68.3 Å². The maximum absolute atomic E-state index is 11.7. The van der Waals surface area contributed by atoms with Crippen LogP contribution in [0.5, 0.6) is 0 Å². The van der Waals surface area contributed by atoms with Crippen molar-refractivity contribution in [1.82, 2.24) is 4.98 Å². The first kappa shape index (κ1) is 15.7. The number of fused-ring (bicyclic) bond motifs is 1. The van der Waals surface area contributed by atoms with Gasteiger partial charge in [-0.15, -0.1) is 0 Å². The van der Waals surface area contributed by atoms with Gasteiger partial charge in [-0.3, -0.25) is 10.1 Å². The molecule has 0 saturated carbocycles. The number of hydrogen-bond acceptors (Lipinski definition) is 5. The number of aromatic nitrogens is 1. The van der Waals surface area contributed by atoms with Crippen LogP contribution in [0.25, 0.3) is 10.2 Å². The summed E-state index contributed by atoms with van der Waals surface area (Å²) in [6.07, 6.45) is 1.34. The summed E-state index contributed by atoms with van der Waals surface area (Å²) in [5, 5.41) is 3.09. The van der Waals surface area contributed by atoms with Crippen molar-refractivity contribution < 1.29 is 14.3 Å². The molecule has 1 aromatic carbocycles. The zero-order valence-corrected chi connectivity index (χ0v) is 13.9. The predicted octanol–water partition coefficient (Wildman–Crippen LogP) is 3.51. The number of halogens is 1. The summed E-state index contributed by atoms with van der Waals surface area (Å²) in [6.45, 7) is 3.23. The largest absolute Gasteiger partial charge is 0.452 e. The Labute approximate surface area is 134 Å². The number of nitrogens with zero attached hydrogens (tertiary/aromatic N) is 1. The van der Waals surface area contributed by atoms with Crippen molar-refractivity contribution in [2.45, 2.75) is 13.8 Å². The molecule has 0 bridgehead atoms. The number of carbonyl (C=O) groups is 2. The normalized spacial score (nSPS) is 10.2. The number of thiazole rings is 1. The molecule has 1 aromatic heterocycles. The zero-order valence-electron chi connectivity index (χ0n) is 11.5. The lowest BCUT2D eigenvalue weighted by Crippen LogP contribution is -2.20. The number of amides is 1. The first-order valence-electron chi connectivity index (χ1n) is 6.11. The van der Waals surface area contributed by atoms with Gasteiger partial charge in [0.1, 0.15) is 0 Å². The molecule has 1 heterocycles. The van der Waals surface area contributed by atoms with E-state index >= 15 is 0 Å². The van der Waals surface area contributed by atoms with Crippen molar-refractivity contribution in [2.24, 2.45) is 0 Å². The molecular weight excluding hydrogens is 356 g/mol. The van der Waals surface area contributed by atoms with Crippen LogP contribution < -0.4 is 5.32 Å². The highest BCUT2D eigenvalue weighted by Gasteiger charge is 2.10. The number of nitrogens with one attached hydrogen (secondary N) is 1. The van der Waals surface area contributed by atoms with Crippen LogP contribution in [0.15, 0.2) is 34.3 Å². The molecule has 2 rings (SSSR count). The highest BCUT2D eigenvalue weighted by molar-refractivity contribution is 9.10. The highest BCUT2D eigenvalue weighted by atomic mass is 79.9. The van der Waals surface area contributed by atoms with Crippen molar-refractivity contribution in [3.05, 3.63) is 34.3 Å². The molecule has 0 radical (unpaired) electrons. The van der Waals surface area contributed by atoms with Crippen LogP contribution in [-0.2, 0) is 14.3 Å². The second kappa shape index (κ2) is 6.82. The number of esters is 1. The maximum Gasteiger partial charge on any atom is 0.331 e. The van der Waals surface area contributed by atoms with E-state index in [1.807, 2.05) is 18.2 Å². The van der Waals surface area contributed by atoms with E-state index in [0.717, 1.165) is 20.3 Å². The van der Waals surface area contributed by atoms with E-state index in [1.165, 1.54) is 17.4 Å². The maximum atomic E-state index is 11.7. The zero-order chi connectivity index (χ0) is 15.4. The Morgan fingerprint density at radius 2 is 2.19 bits per heavy atom. The molecule has 0 atom stereocenters. The molecule has 0 fully saturated rings. The molecule has 1 N–H and O–H groups in total. The fraction of sp³-hybridized carbons (Fsp3) is 0.214. The lowest BCUT2D eigenvalue weighted by molar-refractivity contribution is -0.142. The van der Waals surface area contributed by atoms with Gasteiger partial charge in [-0.2, -0.15) is 0 Å². The molecule has 21 heavy (non-hydrogen) atoms.